The third-order valence-electron chi connectivity index (χ3n) is 4.21. The first-order chi connectivity index (χ1) is 12.6. The quantitative estimate of drug-likeness (QED) is 0.755. The predicted molar refractivity (Wildman–Crippen MR) is 97.2 cm³/mol. The smallest absolute Gasteiger partial charge is 0.253 e. The van der Waals surface area contributed by atoms with Crippen molar-refractivity contribution < 1.29 is 13.2 Å². The van der Waals surface area contributed by atoms with E-state index < -0.39 is 10.0 Å². The van der Waals surface area contributed by atoms with Crippen LogP contribution in [-0.2, 0) is 16.6 Å². The summed E-state index contributed by atoms with van der Waals surface area (Å²) in [5.74, 6) is -0.137. The number of carbonyl (C=O) groups excluding carboxylic acids is 1. The lowest BCUT2D eigenvalue weighted by molar-refractivity contribution is 0.0766. The van der Waals surface area contributed by atoms with Crippen LogP contribution in [0, 0.1) is 0 Å². The molecule has 9 heteroatoms. The molecule has 0 atom stereocenters. The van der Waals surface area contributed by atoms with Gasteiger partial charge in [0.15, 0.2) is 0 Å². The van der Waals surface area contributed by atoms with Crippen molar-refractivity contribution in [2.45, 2.75) is 17.9 Å². The predicted octanol–water partition coefficient (Wildman–Crippen LogP) is 0.297. The molecule has 0 unspecified atom stereocenters. The van der Waals surface area contributed by atoms with E-state index in [0.717, 1.165) is 19.5 Å². The zero-order chi connectivity index (χ0) is 18.4. The second-order valence-electron chi connectivity index (χ2n) is 6.09. The van der Waals surface area contributed by atoms with Crippen molar-refractivity contribution in [3.05, 3.63) is 48.3 Å². The number of aromatic nitrogens is 2. The maximum atomic E-state index is 12.7. The maximum absolute atomic E-state index is 12.7. The third-order valence-corrected chi connectivity index (χ3v) is 5.67. The molecule has 1 aromatic heterocycles. The lowest BCUT2D eigenvalue weighted by atomic mass is 10.2. The van der Waals surface area contributed by atoms with Gasteiger partial charge in [-0.15, -0.1) is 0 Å². The number of amides is 1. The molecule has 2 aromatic rings. The van der Waals surface area contributed by atoms with Crippen LogP contribution in [0.4, 0.5) is 0 Å². The molecule has 0 aliphatic carbocycles. The van der Waals surface area contributed by atoms with E-state index in [9.17, 15) is 13.2 Å². The molecular weight excluding hydrogens is 354 g/mol. The van der Waals surface area contributed by atoms with Gasteiger partial charge in [-0.05, 0) is 37.2 Å². The van der Waals surface area contributed by atoms with Crippen LogP contribution in [0.25, 0.3) is 0 Å². The fraction of sp³-hybridized carbons (Fsp3) is 0.412. The van der Waals surface area contributed by atoms with Gasteiger partial charge in [-0.2, -0.15) is 5.10 Å². The molecule has 3 rings (SSSR count). The Morgan fingerprint density at radius 3 is 2.92 bits per heavy atom. The van der Waals surface area contributed by atoms with E-state index in [4.69, 9.17) is 0 Å². The third kappa shape index (κ3) is 4.69. The van der Waals surface area contributed by atoms with E-state index >= 15 is 0 Å². The van der Waals surface area contributed by atoms with Gasteiger partial charge in [0.25, 0.3) is 5.91 Å². The average molecular weight is 377 g/mol. The average Bonchev–Trinajstić information content (AvgIpc) is 3.01. The van der Waals surface area contributed by atoms with Crippen molar-refractivity contribution in [1.82, 2.24) is 24.7 Å². The van der Waals surface area contributed by atoms with E-state index in [0.29, 0.717) is 25.2 Å². The lowest BCUT2D eigenvalue weighted by Gasteiger charge is -2.20. The largest absolute Gasteiger partial charge is 0.337 e. The second kappa shape index (κ2) is 8.43. The highest BCUT2D eigenvalue weighted by Gasteiger charge is 2.20. The van der Waals surface area contributed by atoms with Crippen molar-refractivity contribution in [3.8, 4) is 0 Å². The van der Waals surface area contributed by atoms with E-state index in [-0.39, 0.29) is 17.3 Å². The Morgan fingerprint density at radius 1 is 1.23 bits per heavy atom. The SMILES string of the molecule is O=C(c1cccc(S(=O)(=O)NCCn2cccn2)c1)N1CCCNCC1. The second-order valence-corrected chi connectivity index (χ2v) is 7.86. The normalized spacial score (nSPS) is 15.6. The number of rotatable bonds is 6. The molecule has 1 aromatic carbocycles. The molecule has 1 aliphatic rings. The number of sulfonamides is 1. The highest BCUT2D eigenvalue weighted by molar-refractivity contribution is 7.89. The molecule has 2 N–H and O–H groups in total. The summed E-state index contributed by atoms with van der Waals surface area (Å²) in [4.78, 5) is 14.5. The molecule has 0 saturated carbocycles. The molecule has 26 heavy (non-hydrogen) atoms. The van der Waals surface area contributed by atoms with E-state index in [2.05, 4.69) is 15.1 Å². The molecule has 1 fully saturated rings. The minimum absolute atomic E-state index is 0.0942. The van der Waals surface area contributed by atoms with Crippen molar-refractivity contribution in [3.63, 3.8) is 0 Å². The topological polar surface area (TPSA) is 96.3 Å². The summed E-state index contributed by atoms with van der Waals surface area (Å²) in [7, 11) is -3.68. The number of nitrogens with zero attached hydrogens (tertiary/aromatic N) is 3. The van der Waals surface area contributed by atoms with Crippen LogP contribution in [0.15, 0.2) is 47.6 Å². The van der Waals surface area contributed by atoms with E-state index in [1.807, 2.05) is 0 Å². The van der Waals surface area contributed by atoms with Gasteiger partial charge < -0.3 is 10.2 Å². The summed E-state index contributed by atoms with van der Waals surface area (Å²) >= 11 is 0. The molecule has 0 spiro atoms. The fourth-order valence-electron chi connectivity index (χ4n) is 2.84. The molecule has 8 nitrogen and oxygen atoms in total. The summed E-state index contributed by atoms with van der Waals surface area (Å²) in [6.45, 7) is 3.59. The maximum Gasteiger partial charge on any atom is 0.253 e. The molecular formula is C17H23N5O3S. The highest BCUT2D eigenvalue weighted by atomic mass is 32.2. The first-order valence-electron chi connectivity index (χ1n) is 8.63. The van der Waals surface area contributed by atoms with E-state index in [1.54, 1.807) is 40.2 Å². The molecule has 0 radical (unpaired) electrons. The van der Waals surface area contributed by atoms with Gasteiger partial charge in [0.1, 0.15) is 0 Å². The summed E-state index contributed by atoms with van der Waals surface area (Å²) < 4.78 is 29.2. The Labute approximate surface area is 153 Å². The van der Waals surface area contributed by atoms with Crippen molar-refractivity contribution in [1.29, 1.82) is 0 Å². The Morgan fingerprint density at radius 2 is 2.12 bits per heavy atom. The minimum atomic E-state index is -3.68. The van der Waals surface area contributed by atoms with Crippen LogP contribution < -0.4 is 10.0 Å². The van der Waals surface area contributed by atoms with Gasteiger partial charge in [-0.25, -0.2) is 13.1 Å². The van der Waals surface area contributed by atoms with Crippen LogP contribution in [0.3, 0.4) is 0 Å². The molecule has 140 valence electrons. The molecule has 1 amide bonds. The Kier molecular flexibility index (Phi) is 6.02. The molecule has 1 aliphatic heterocycles. The summed E-state index contributed by atoms with van der Waals surface area (Å²) in [6, 6.07) is 7.98. The molecule has 2 heterocycles. The van der Waals surface area contributed by atoms with Crippen molar-refractivity contribution >= 4 is 15.9 Å². The highest BCUT2D eigenvalue weighted by Crippen LogP contribution is 2.14. The minimum Gasteiger partial charge on any atom is -0.337 e. The standard InChI is InChI=1S/C17H23N5O3S/c23-17(21-10-2-6-18-8-12-21)15-4-1-5-16(14-15)26(24,25)20-9-13-22-11-3-7-19-22/h1,3-5,7,11,14,18,20H,2,6,8-10,12-13H2. The number of hydrogen-bond donors (Lipinski definition) is 2. The van der Waals surface area contributed by atoms with Crippen LogP contribution in [0.2, 0.25) is 0 Å². The number of carbonyl (C=O) groups is 1. The zero-order valence-corrected chi connectivity index (χ0v) is 15.3. The fourth-order valence-corrected chi connectivity index (χ4v) is 3.90. The van der Waals surface area contributed by atoms with Gasteiger partial charge in [0, 0.05) is 44.1 Å². The van der Waals surface area contributed by atoms with Gasteiger partial charge in [-0.3, -0.25) is 9.48 Å². The van der Waals surface area contributed by atoms with Gasteiger partial charge >= 0.3 is 0 Å². The van der Waals surface area contributed by atoms with Gasteiger partial charge in [0.05, 0.1) is 11.4 Å². The lowest BCUT2D eigenvalue weighted by Crippen LogP contribution is -2.34. The first kappa shape index (κ1) is 18.6. The Hall–Kier alpha value is -2.23. The van der Waals surface area contributed by atoms with E-state index in [1.165, 1.54) is 12.1 Å². The van der Waals surface area contributed by atoms with Crippen LogP contribution in [0.1, 0.15) is 16.8 Å². The van der Waals surface area contributed by atoms with Gasteiger partial charge in [0.2, 0.25) is 10.0 Å². The summed E-state index contributed by atoms with van der Waals surface area (Å²) in [5.41, 5.74) is 0.391. The summed E-state index contributed by atoms with van der Waals surface area (Å²) in [6.07, 6.45) is 4.30. The van der Waals surface area contributed by atoms with Crippen LogP contribution in [-0.4, -0.2) is 61.7 Å². The summed E-state index contributed by atoms with van der Waals surface area (Å²) in [5, 5.41) is 7.28. The first-order valence-corrected chi connectivity index (χ1v) is 10.1. The monoisotopic (exact) mass is 377 g/mol. The van der Waals surface area contributed by atoms with Crippen LogP contribution >= 0.6 is 0 Å². The van der Waals surface area contributed by atoms with Crippen molar-refractivity contribution in [2.24, 2.45) is 0 Å². The van der Waals surface area contributed by atoms with Gasteiger partial charge in [-0.1, -0.05) is 6.07 Å². The number of hydrogen-bond acceptors (Lipinski definition) is 5. The zero-order valence-electron chi connectivity index (χ0n) is 14.5. The Bertz CT molecular complexity index is 828. The van der Waals surface area contributed by atoms with Crippen LogP contribution in [0.5, 0.6) is 0 Å². The number of nitrogens with one attached hydrogen (secondary N) is 2. The number of benzene rings is 1. The Balaban J connectivity index is 1.67. The van der Waals surface area contributed by atoms with Crippen molar-refractivity contribution in [2.75, 3.05) is 32.7 Å². The molecule has 1 saturated heterocycles. The molecule has 0 bridgehead atoms.